The van der Waals surface area contributed by atoms with Gasteiger partial charge in [0.2, 0.25) is 11.8 Å². The molecule has 43 heavy (non-hydrogen) atoms. The number of amides is 1. The number of benzene rings is 1. The molecule has 1 aliphatic heterocycles. The second kappa shape index (κ2) is 11.0. The first-order chi connectivity index (χ1) is 20.5. The van der Waals surface area contributed by atoms with Crippen LogP contribution in [0.3, 0.4) is 0 Å². The molecule has 13 heteroatoms. The lowest BCUT2D eigenvalue weighted by Crippen LogP contribution is -2.42. The maximum absolute atomic E-state index is 13.5. The van der Waals surface area contributed by atoms with Gasteiger partial charge in [0.05, 0.1) is 23.1 Å². The number of nitrogens with zero attached hydrogens (tertiary/aromatic N) is 4. The molecule has 0 bridgehead atoms. The van der Waals surface area contributed by atoms with Gasteiger partial charge in [0.15, 0.2) is 9.84 Å². The number of sulfone groups is 1. The van der Waals surface area contributed by atoms with Gasteiger partial charge in [0.25, 0.3) is 0 Å². The fourth-order valence-electron chi connectivity index (χ4n) is 5.90. The molecular formula is C30H30F3N5O4S. The molecule has 2 saturated carbocycles. The highest BCUT2D eigenvalue weighted by Gasteiger charge is 2.47. The van der Waals surface area contributed by atoms with Crippen molar-refractivity contribution in [1.82, 2.24) is 15.3 Å². The molecule has 0 spiro atoms. The summed E-state index contributed by atoms with van der Waals surface area (Å²) in [7, 11) is -3.04. The molecule has 2 aliphatic carbocycles. The van der Waals surface area contributed by atoms with Crippen LogP contribution in [-0.4, -0.2) is 54.4 Å². The van der Waals surface area contributed by atoms with E-state index in [0.717, 1.165) is 36.9 Å². The highest BCUT2D eigenvalue weighted by atomic mass is 32.2. The van der Waals surface area contributed by atoms with Crippen LogP contribution < -0.4 is 10.2 Å². The van der Waals surface area contributed by atoms with Crippen LogP contribution in [0.15, 0.2) is 47.0 Å². The summed E-state index contributed by atoms with van der Waals surface area (Å²) in [5, 5.41) is 12.4. The average Bonchev–Trinajstić information content (AvgIpc) is 3.63. The molecule has 1 amide bonds. The summed E-state index contributed by atoms with van der Waals surface area (Å²) in [5.74, 6) is -0.670. The van der Waals surface area contributed by atoms with Crippen LogP contribution in [0, 0.1) is 17.2 Å². The van der Waals surface area contributed by atoms with Crippen LogP contribution in [0.25, 0.3) is 22.8 Å². The number of pyridine rings is 1. The largest absolute Gasteiger partial charge is 0.439 e. The van der Waals surface area contributed by atoms with Crippen molar-refractivity contribution in [3.63, 3.8) is 0 Å². The number of halogens is 3. The van der Waals surface area contributed by atoms with E-state index in [2.05, 4.69) is 21.4 Å². The topological polar surface area (TPSA) is 129 Å². The maximum Gasteiger partial charge on any atom is 0.416 e. The second-order valence-corrected chi connectivity index (χ2v) is 13.8. The van der Waals surface area contributed by atoms with Gasteiger partial charge in [0.1, 0.15) is 22.7 Å². The van der Waals surface area contributed by atoms with Crippen molar-refractivity contribution in [2.75, 3.05) is 29.5 Å². The van der Waals surface area contributed by atoms with Crippen LogP contribution in [0.1, 0.15) is 55.8 Å². The first-order valence-electron chi connectivity index (χ1n) is 14.3. The molecule has 1 N–H and O–H groups in total. The Morgan fingerprint density at radius 3 is 2.44 bits per heavy atom. The van der Waals surface area contributed by atoms with Crippen LogP contribution in [0.4, 0.5) is 18.9 Å². The normalized spacial score (nSPS) is 22.9. The Bertz CT molecular complexity index is 1660. The molecule has 1 aromatic carbocycles. The molecule has 3 heterocycles. The molecule has 3 aliphatic rings. The molecule has 2 aromatic heterocycles. The van der Waals surface area contributed by atoms with Crippen LogP contribution in [-0.2, 0) is 20.8 Å². The number of hydrogen-bond donors (Lipinski definition) is 1. The molecule has 0 radical (unpaired) electrons. The Morgan fingerprint density at radius 1 is 1.09 bits per heavy atom. The Morgan fingerprint density at radius 2 is 1.79 bits per heavy atom. The minimum Gasteiger partial charge on any atom is -0.439 e. The van der Waals surface area contributed by atoms with Gasteiger partial charge >= 0.3 is 6.18 Å². The Hall–Kier alpha value is -3.92. The fourth-order valence-corrected chi connectivity index (χ4v) is 7.10. The van der Waals surface area contributed by atoms with Crippen molar-refractivity contribution >= 4 is 21.4 Å². The smallest absolute Gasteiger partial charge is 0.416 e. The number of rotatable bonds is 6. The molecule has 3 aromatic rings. The van der Waals surface area contributed by atoms with Crippen molar-refractivity contribution in [3.8, 4) is 28.9 Å². The van der Waals surface area contributed by atoms with Crippen LogP contribution in [0.5, 0.6) is 0 Å². The summed E-state index contributed by atoms with van der Waals surface area (Å²) in [4.78, 5) is 24.1. The van der Waals surface area contributed by atoms with Crippen LogP contribution >= 0.6 is 0 Å². The van der Waals surface area contributed by atoms with E-state index in [1.54, 1.807) is 0 Å². The van der Waals surface area contributed by atoms with Gasteiger partial charge in [-0.25, -0.2) is 13.4 Å². The lowest BCUT2D eigenvalue weighted by atomic mass is 9.76. The van der Waals surface area contributed by atoms with Gasteiger partial charge in [-0.15, -0.1) is 0 Å². The van der Waals surface area contributed by atoms with E-state index in [1.807, 2.05) is 29.2 Å². The lowest BCUT2D eigenvalue weighted by Gasteiger charge is -2.30. The summed E-state index contributed by atoms with van der Waals surface area (Å²) >= 11 is 0. The summed E-state index contributed by atoms with van der Waals surface area (Å²) in [6.45, 7) is 0.761. The number of aromatic nitrogens is 2. The SMILES string of the molecule is N#CC1(NC(=O)[C@@H]2CCCC[C@H]2c2oc(-c3cc(C(F)(F)F)ccn3)nc2-c2ccc(N3CCS(=O)(=O)CC3)cc2)CC1. The Balaban J connectivity index is 1.37. The van der Waals surface area contributed by atoms with Gasteiger partial charge in [-0.05, 0) is 49.9 Å². The zero-order valence-corrected chi connectivity index (χ0v) is 24.0. The number of carbonyl (C=O) groups excluding carboxylic acids is 1. The van der Waals surface area contributed by atoms with E-state index in [4.69, 9.17) is 4.42 Å². The highest BCUT2D eigenvalue weighted by molar-refractivity contribution is 7.91. The van der Waals surface area contributed by atoms with E-state index in [1.165, 1.54) is 0 Å². The van der Waals surface area contributed by atoms with Crippen molar-refractivity contribution in [1.29, 1.82) is 5.26 Å². The molecular weight excluding hydrogens is 583 g/mol. The summed E-state index contributed by atoms with van der Waals surface area (Å²) < 4.78 is 70.4. The van der Waals surface area contributed by atoms with E-state index < -0.39 is 39.0 Å². The minimum atomic E-state index is -4.58. The van der Waals surface area contributed by atoms with E-state index in [9.17, 15) is 31.6 Å². The molecule has 9 nitrogen and oxygen atoms in total. The monoisotopic (exact) mass is 613 g/mol. The minimum absolute atomic E-state index is 0.0771. The third-order valence-electron chi connectivity index (χ3n) is 8.58. The lowest BCUT2D eigenvalue weighted by molar-refractivity contribution is -0.137. The predicted octanol–water partition coefficient (Wildman–Crippen LogP) is 5.10. The third kappa shape index (κ3) is 6.11. The first kappa shape index (κ1) is 29.2. The summed E-state index contributed by atoms with van der Waals surface area (Å²) in [6, 6.07) is 11.3. The van der Waals surface area contributed by atoms with E-state index in [0.29, 0.717) is 55.8 Å². The molecule has 1 saturated heterocycles. The second-order valence-electron chi connectivity index (χ2n) is 11.5. The quantitative estimate of drug-likeness (QED) is 0.407. The maximum atomic E-state index is 13.5. The molecule has 2 atom stereocenters. The number of nitriles is 1. The number of nitrogens with one attached hydrogen (secondary N) is 1. The molecule has 3 fully saturated rings. The Kier molecular flexibility index (Phi) is 7.44. The van der Waals surface area contributed by atoms with Gasteiger partial charge in [-0.1, -0.05) is 25.0 Å². The number of alkyl halides is 3. The zero-order valence-electron chi connectivity index (χ0n) is 23.2. The summed E-state index contributed by atoms with van der Waals surface area (Å²) in [5.41, 5.74) is 0.100. The van der Waals surface area contributed by atoms with Gasteiger partial charge in [-0.2, -0.15) is 18.4 Å². The number of hydrogen-bond acceptors (Lipinski definition) is 8. The van der Waals surface area contributed by atoms with Crippen LogP contribution in [0.2, 0.25) is 0 Å². The standard InChI is InChI=1S/C30H30F3N5O4S/c31-30(32,33)20-9-12-35-24(17-20)28-36-25(19-5-7-21(8-6-19)38-13-15-43(40,41)16-14-38)26(42-28)22-3-1-2-4-23(22)27(39)37-29(18-34)10-11-29/h5-9,12,17,22-23H,1-4,10-11,13-16H2,(H,37,39)/t22-,23-/m1/s1. The van der Waals surface area contributed by atoms with E-state index >= 15 is 0 Å². The fraction of sp³-hybridized carbons (Fsp3) is 0.467. The molecule has 0 unspecified atom stereocenters. The van der Waals surface area contributed by atoms with Crippen molar-refractivity contribution in [2.24, 2.45) is 5.92 Å². The Labute approximate surface area is 247 Å². The van der Waals surface area contributed by atoms with Crippen molar-refractivity contribution < 1.29 is 30.8 Å². The highest BCUT2D eigenvalue weighted by Crippen LogP contribution is 2.45. The van der Waals surface area contributed by atoms with Gasteiger partial charge in [-0.3, -0.25) is 9.78 Å². The number of carbonyl (C=O) groups is 1. The van der Waals surface area contributed by atoms with Gasteiger partial charge in [0, 0.05) is 42.4 Å². The molecule has 6 rings (SSSR count). The van der Waals surface area contributed by atoms with Crippen molar-refractivity contribution in [3.05, 3.63) is 53.9 Å². The first-order valence-corrected chi connectivity index (χ1v) is 16.1. The average molecular weight is 614 g/mol. The molecule has 226 valence electrons. The number of oxazole rings is 1. The summed E-state index contributed by atoms with van der Waals surface area (Å²) in [6.07, 6.45) is 0.504. The predicted molar refractivity (Wildman–Crippen MR) is 151 cm³/mol. The van der Waals surface area contributed by atoms with Gasteiger partial charge < -0.3 is 14.6 Å². The van der Waals surface area contributed by atoms with Crippen molar-refractivity contribution in [2.45, 2.75) is 56.2 Å². The number of anilines is 1. The third-order valence-corrected chi connectivity index (χ3v) is 10.2. The zero-order chi connectivity index (χ0) is 30.4. The van der Waals surface area contributed by atoms with E-state index in [-0.39, 0.29) is 29.0 Å².